The van der Waals surface area contributed by atoms with Crippen molar-refractivity contribution >= 4 is 23.8 Å². The van der Waals surface area contributed by atoms with Gasteiger partial charge in [-0.25, -0.2) is 9.59 Å². The summed E-state index contributed by atoms with van der Waals surface area (Å²) in [7, 11) is 0. The zero-order chi connectivity index (χ0) is 23.4. The molecule has 0 radical (unpaired) electrons. The van der Waals surface area contributed by atoms with Gasteiger partial charge in [-0.1, -0.05) is 48.2 Å². The number of esters is 1. The van der Waals surface area contributed by atoms with Gasteiger partial charge >= 0.3 is 12.0 Å². The summed E-state index contributed by atoms with van der Waals surface area (Å²) in [5, 5.41) is 14.9. The molecule has 8 nitrogen and oxygen atoms in total. The second-order valence-corrected chi connectivity index (χ2v) is 8.49. The first-order valence-electron chi connectivity index (χ1n) is 10.6. The zero-order valence-electron chi connectivity index (χ0n) is 18.7. The van der Waals surface area contributed by atoms with Crippen molar-refractivity contribution in [1.29, 1.82) is 0 Å². The van der Waals surface area contributed by atoms with E-state index >= 15 is 0 Å². The number of aryl methyl sites for hydroxylation is 2. The van der Waals surface area contributed by atoms with Gasteiger partial charge in [0, 0.05) is 17.0 Å². The van der Waals surface area contributed by atoms with Crippen LogP contribution in [0.15, 0.2) is 65.0 Å². The maximum Gasteiger partial charge on any atom is 0.337 e. The van der Waals surface area contributed by atoms with Gasteiger partial charge in [0.2, 0.25) is 0 Å². The first-order valence-corrected chi connectivity index (χ1v) is 11.6. The van der Waals surface area contributed by atoms with Crippen molar-refractivity contribution < 1.29 is 14.3 Å². The summed E-state index contributed by atoms with van der Waals surface area (Å²) in [6.45, 7) is 6.28. The third-order valence-electron chi connectivity index (χ3n) is 5.34. The normalized spacial score (nSPS) is 13.5. The molecule has 4 rings (SSSR count). The summed E-state index contributed by atoms with van der Waals surface area (Å²) >= 11 is 1.40. The van der Waals surface area contributed by atoms with E-state index in [1.165, 1.54) is 17.3 Å². The van der Waals surface area contributed by atoms with Crippen LogP contribution in [0.4, 0.5) is 4.79 Å². The minimum atomic E-state index is -0.443. The van der Waals surface area contributed by atoms with Gasteiger partial charge in [0.1, 0.15) is 0 Å². The first kappa shape index (κ1) is 22.6. The summed E-state index contributed by atoms with van der Waals surface area (Å²) in [5.41, 5.74) is 5.16. The van der Waals surface area contributed by atoms with Crippen LogP contribution < -0.4 is 10.6 Å². The van der Waals surface area contributed by atoms with Gasteiger partial charge in [-0.2, -0.15) is 0 Å². The van der Waals surface area contributed by atoms with Gasteiger partial charge in [0.05, 0.1) is 24.4 Å². The molecule has 0 spiro atoms. The predicted molar refractivity (Wildman–Crippen MR) is 127 cm³/mol. The molecule has 1 aromatic heterocycles. The summed E-state index contributed by atoms with van der Waals surface area (Å²) in [5.74, 6) is 0.607. The molecular weight excluding hydrogens is 438 g/mol. The van der Waals surface area contributed by atoms with Crippen LogP contribution >= 0.6 is 11.8 Å². The Kier molecular flexibility index (Phi) is 6.79. The number of amides is 2. The maximum atomic E-state index is 12.4. The fraction of sp³-hybridized carbons (Fsp3) is 0.250. The van der Waals surface area contributed by atoms with E-state index in [-0.39, 0.29) is 19.2 Å². The number of hydrogen-bond donors (Lipinski definition) is 2. The van der Waals surface area contributed by atoms with E-state index in [1.807, 2.05) is 41.0 Å². The molecule has 0 unspecified atom stereocenters. The number of thioether (sulfide) groups is 1. The molecule has 1 aliphatic rings. The molecule has 170 valence electrons. The number of nitrogens with one attached hydrogen (secondary N) is 2. The van der Waals surface area contributed by atoms with E-state index in [0.717, 1.165) is 22.6 Å². The summed E-state index contributed by atoms with van der Waals surface area (Å²) < 4.78 is 7.15. The van der Waals surface area contributed by atoms with Crippen molar-refractivity contribution in [2.75, 3.05) is 18.9 Å². The third kappa shape index (κ3) is 4.93. The Hall–Kier alpha value is -3.59. The highest BCUT2D eigenvalue weighted by Gasteiger charge is 2.25. The van der Waals surface area contributed by atoms with Gasteiger partial charge in [-0.05, 0) is 44.0 Å². The number of hydrogen-bond acceptors (Lipinski definition) is 6. The summed E-state index contributed by atoms with van der Waals surface area (Å²) in [4.78, 5) is 24.3. The molecule has 0 bridgehead atoms. The fourth-order valence-corrected chi connectivity index (χ4v) is 4.38. The lowest BCUT2D eigenvalue weighted by Gasteiger charge is -2.21. The van der Waals surface area contributed by atoms with Gasteiger partial charge < -0.3 is 15.4 Å². The monoisotopic (exact) mass is 463 g/mol. The molecule has 1 aliphatic heterocycles. The van der Waals surface area contributed by atoms with Crippen LogP contribution in [0.1, 0.15) is 18.1 Å². The van der Waals surface area contributed by atoms with Crippen molar-refractivity contribution in [1.82, 2.24) is 25.4 Å². The summed E-state index contributed by atoms with van der Waals surface area (Å²) in [6, 6.07) is 15.7. The highest BCUT2D eigenvalue weighted by atomic mass is 32.2. The second-order valence-electron chi connectivity index (χ2n) is 7.55. The van der Waals surface area contributed by atoms with Crippen molar-refractivity contribution in [2.24, 2.45) is 0 Å². The lowest BCUT2D eigenvalue weighted by Crippen LogP contribution is -2.44. The predicted octanol–water partition coefficient (Wildman–Crippen LogP) is 3.77. The average molecular weight is 464 g/mol. The number of benzene rings is 2. The van der Waals surface area contributed by atoms with Crippen molar-refractivity contribution in [3.05, 3.63) is 70.9 Å². The summed E-state index contributed by atoms with van der Waals surface area (Å²) in [6.07, 6.45) is 0. The Balaban J connectivity index is 1.72. The minimum absolute atomic E-state index is 0.125. The number of carbonyl (C=O) groups excluding carboxylic acids is 2. The first-order chi connectivity index (χ1) is 16.0. The van der Waals surface area contributed by atoms with Gasteiger partial charge in [0.15, 0.2) is 11.0 Å². The van der Waals surface area contributed by atoms with E-state index in [2.05, 4.69) is 46.8 Å². The molecule has 0 atom stereocenters. The van der Waals surface area contributed by atoms with Crippen LogP contribution in [-0.2, 0) is 9.53 Å². The Morgan fingerprint density at radius 2 is 1.91 bits per heavy atom. The lowest BCUT2D eigenvalue weighted by atomic mass is 10.1. The molecule has 9 heteroatoms. The van der Waals surface area contributed by atoms with Crippen LogP contribution in [0.25, 0.3) is 17.1 Å². The van der Waals surface area contributed by atoms with E-state index < -0.39 is 5.97 Å². The fourth-order valence-electron chi connectivity index (χ4n) is 3.44. The lowest BCUT2D eigenvalue weighted by molar-refractivity contribution is -0.138. The largest absolute Gasteiger partial charge is 0.463 e. The molecule has 0 saturated carbocycles. The third-order valence-corrected chi connectivity index (χ3v) is 6.29. The van der Waals surface area contributed by atoms with E-state index in [9.17, 15) is 9.59 Å². The molecule has 2 aromatic carbocycles. The average Bonchev–Trinajstić information content (AvgIpc) is 3.24. The molecule has 0 saturated heterocycles. The van der Waals surface area contributed by atoms with Crippen LogP contribution in [-0.4, -0.2) is 45.7 Å². The van der Waals surface area contributed by atoms with Crippen molar-refractivity contribution in [3.8, 4) is 17.1 Å². The molecule has 33 heavy (non-hydrogen) atoms. The number of rotatable bonds is 7. The Bertz CT molecular complexity index is 1220. The number of nitrogens with zero attached hydrogens (tertiary/aromatic N) is 3. The van der Waals surface area contributed by atoms with Crippen LogP contribution in [0.5, 0.6) is 0 Å². The molecule has 2 N–H and O–H groups in total. The van der Waals surface area contributed by atoms with Crippen LogP contribution in [0.3, 0.4) is 0 Å². The molecule has 2 amide bonds. The van der Waals surface area contributed by atoms with Gasteiger partial charge in [-0.3, -0.25) is 4.57 Å². The SMILES string of the molecule is CCOC(=O)C1=C(CSc2nnc(-c3ccccc3)n2-c2ccc(C)c(C)c2)NC(=O)NC1. The zero-order valence-corrected chi connectivity index (χ0v) is 19.5. The number of ether oxygens (including phenoxy) is 1. The number of carbonyl (C=O) groups is 2. The van der Waals surface area contributed by atoms with Gasteiger partial charge in [-0.15, -0.1) is 10.2 Å². The van der Waals surface area contributed by atoms with E-state index in [4.69, 9.17) is 4.74 Å². The highest BCUT2D eigenvalue weighted by molar-refractivity contribution is 7.99. The minimum Gasteiger partial charge on any atom is -0.463 e. The molecule has 3 aromatic rings. The van der Waals surface area contributed by atoms with E-state index in [1.54, 1.807) is 6.92 Å². The molecular formula is C24H25N5O3S. The second kappa shape index (κ2) is 9.91. The maximum absolute atomic E-state index is 12.4. The Labute approximate surface area is 196 Å². The highest BCUT2D eigenvalue weighted by Crippen LogP contribution is 2.30. The molecule has 0 aliphatic carbocycles. The van der Waals surface area contributed by atoms with Crippen molar-refractivity contribution in [2.45, 2.75) is 25.9 Å². The number of aromatic nitrogens is 3. The Morgan fingerprint density at radius 3 is 2.64 bits per heavy atom. The van der Waals surface area contributed by atoms with Crippen LogP contribution in [0.2, 0.25) is 0 Å². The Morgan fingerprint density at radius 1 is 1.12 bits per heavy atom. The standard InChI is InChI=1S/C24H25N5O3S/c1-4-32-22(30)19-13-25-23(31)26-20(19)14-33-24-28-27-21(17-8-6-5-7-9-17)29(24)18-11-10-15(2)16(3)12-18/h5-12H,4,13-14H2,1-3H3,(H2,25,26,31). The van der Waals surface area contributed by atoms with Crippen LogP contribution in [0, 0.1) is 13.8 Å². The molecule has 2 heterocycles. The number of urea groups is 1. The van der Waals surface area contributed by atoms with Gasteiger partial charge in [0.25, 0.3) is 0 Å². The van der Waals surface area contributed by atoms with E-state index in [0.29, 0.717) is 22.2 Å². The smallest absolute Gasteiger partial charge is 0.337 e. The molecule has 0 fully saturated rings. The van der Waals surface area contributed by atoms with Crippen molar-refractivity contribution in [3.63, 3.8) is 0 Å². The quantitative estimate of drug-likeness (QED) is 0.409. The topological polar surface area (TPSA) is 98.1 Å².